The molecule has 1 aliphatic rings. The van der Waals surface area contributed by atoms with Gasteiger partial charge in [0.05, 0.1) is 11.9 Å². The van der Waals surface area contributed by atoms with Crippen LogP contribution in [0.1, 0.15) is 33.1 Å². The van der Waals surface area contributed by atoms with Crippen LogP contribution in [0.3, 0.4) is 0 Å². The van der Waals surface area contributed by atoms with Crippen molar-refractivity contribution in [1.29, 1.82) is 0 Å². The second kappa shape index (κ2) is 4.59. The molecule has 0 aromatic heterocycles. The summed E-state index contributed by atoms with van der Waals surface area (Å²) in [6.45, 7) is 4.65. The number of hydrogen-bond acceptors (Lipinski definition) is 3. The van der Waals surface area contributed by atoms with Gasteiger partial charge in [-0.15, -0.1) is 0 Å². The molecule has 0 saturated carbocycles. The molecule has 0 spiro atoms. The summed E-state index contributed by atoms with van der Waals surface area (Å²) in [5.41, 5.74) is 5.72. The first-order chi connectivity index (χ1) is 6.43. The third-order valence-electron chi connectivity index (χ3n) is 2.56. The van der Waals surface area contributed by atoms with E-state index in [9.17, 15) is 8.42 Å². The molecule has 1 atom stereocenters. The summed E-state index contributed by atoms with van der Waals surface area (Å²) >= 11 is 0. The molecule has 1 unspecified atom stereocenters. The van der Waals surface area contributed by atoms with Crippen molar-refractivity contribution in [2.45, 2.75) is 39.3 Å². The Kier molecular flexibility index (Phi) is 3.92. The summed E-state index contributed by atoms with van der Waals surface area (Å²) in [5.74, 6) is 0.654. The van der Waals surface area contributed by atoms with Crippen molar-refractivity contribution in [3.05, 3.63) is 0 Å². The minimum atomic E-state index is -3.10. The molecule has 1 saturated heterocycles. The zero-order valence-electron chi connectivity index (χ0n) is 8.94. The fraction of sp³-hybridized carbons (Fsp3) is 1.00. The van der Waals surface area contributed by atoms with Gasteiger partial charge >= 0.3 is 0 Å². The van der Waals surface area contributed by atoms with Gasteiger partial charge in [-0.2, -0.15) is 4.31 Å². The topological polar surface area (TPSA) is 63.4 Å². The standard InChI is InChI=1S/C9H20N2O2S/c1-8(2)5-7-14(12,13)11-6-3-4-9(11)10/h8-9H,3-7,10H2,1-2H3. The lowest BCUT2D eigenvalue weighted by Crippen LogP contribution is -2.42. The third-order valence-corrected chi connectivity index (χ3v) is 4.48. The van der Waals surface area contributed by atoms with E-state index in [1.165, 1.54) is 4.31 Å². The maximum atomic E-state index is 11.8. The van der Waals surface area contributed by atoms with Crippen LogP contribution in [0.25, 0.3) is 0 Å². The monoisotopic (exact) mass is 220 g/mol. The Bertz CT molecular complexity index is 275. The maximum Gasteiger partial charge on any atom is 0.215 e. The van der Waals surface area contributed by atoms with Crippen LogP contribution in [0.4, 0.5) is 0 Å². The van der Waals surface area contributed by atoms with Gasteiger partial charge in [0, 0.05) is 6.54 Å². The van der Waals surface area contributed by atoms with E-state index < -0.39 is 10.0 Å². The van der Waals surface area contributed by atoms with Crippen molar-refractivity contribution >= 4 is 10.0 Å². The Morgan fingerprint density at radius 3 is 2.57 bits per heavy atom. The molecule has 0 bridgehead atoms. The summed E-state index contributed by atoms with van der Waals surface area (Å²) in [6, 6.07) is 0. The van der Waals surface area contributed by atoms with E-state index >= 15 is 0 Å². The van der Waals surface area contributed by atoms with Gasteiger partial charge in [0.2, 0.25) is 10.0 Å². The number of hydrogen-bond donors (Lipinski definition) is 1. The van der Waals surface area contributed by atoms with Crippen molar-refractivity contribution in [2.75, 3.05) is 12.3 Å². The van der Waals surface area contributed by atoms with Crippen LogP contribution in [0.5, 0.6) is 0 Å². The molecule has 0 aliphatic carbocycles. The number of rotatable bonds is 4. The molecule has 14 heavy (non-hydrogen) atoms. The van der Waals surface area contributed by atoms with E-state index in [1.54, 1.807) is 0 Å². The van der Waals surface area contributed by atoms with Crippen LogP contribution >= 0.6 is 0 Å². The fourth-order valence-corrected chi connectivity index (χ4v) is 3.54. The zero-order chi connectivity index (χ0) is 10.8. The van der Waals surface area contributed by atoms with Gasteiger partial charge in [0.15, 0.2) is 0 Å². The van der Waals surface area contributed by atoms with Gasteiger partial charge in [0.25, 0.3) is 0 Å². The van der Waals surface area contributed by atoms with E-state index in [0.717, 1.165) is 12.8 Å². The Morgan fingerprint density at radius 2 is 2.14 bits per heavy atom. The SMILES string of the molecule is CC(C)CCS(=O)(=O)N1CCCC1N. The highest BCUT2D eigenvalue weighted by Gasteiger charge is 2.31. The summed E-state index contributed by atoms with van der Waals surface area (Å²) in [4.78, 5) is 0. The average molecular weight is 220 g/mol. The Balaban J connectivity index is 2.56. The lowest BCUT2D eigenvalue weighted by Gasteiger charge is -2.21. The highest BCUT2D eigenvalue weighted by Crippen LogP contribution is 2.18. The Labute approximate surface area is 86.5 Å². The molecule has 1 rings (SSSR count). The molecule has 4 nitrogen and oxygen atoms in total. The van der Waals surface area contributed by atoms with Crippen LogP contribution in [0.15, 0.2) is 0 Å². The summed E-state index contributed by atoms with van der Waals surface area (Å²) in [7, 11) is -3.10. The van der Waals surface area contributed by atoms with E-state index in [0.29, 0.717) is 18.9 Å². The van der Waals surface area contributed by atoms with Crippen LogP contribution in [-0.2, 0) is 10.0 Å². The molecule has 0 amide bonds. The van der Waals surface area contributed by atoms with E-state index in [1.807, 2.05) is 13.8 Å². The average Bonchev–Trinajstić information content (AvgIpc) is 2.48. The second-order valence-corrected chi connectivity index (χ2v) is 6.36. The quantitative estimate of drug-likeness (QED) is 0.760. The van der Waals surface area contributed by atoms with Crippen molar-refractivity contribution < 1.29 is 8.42 Å². The largest absolute Gasteiger partial charge is 0.315 e. The Morgan fingerprint density at radius 1 is 1.50 bits per heavy atom. The summed E-state index contributed by atoms with van der Waals surface area (Å²) in [5, 5.41) is 0. The highest BCUT2D eigenvalue weighted by molar-refractivity contribution is 7.89. The van der Waals surface area contributed by atoms with E-state index in [2.05, 4.69) is 0 Å². The van der Waals surface area contributed by atoms with Crippen LogP contribution in [0.2, 0.25) is 0 Å². The molecule has 0 aromatic carbocycles. The number of nitrogens with zero attached hydrogens (tertiary/aromatic N) is 1. The van der Waals surface area contributed by atoms with Crippen LogP contribution in [-0.4, -0.2) is 31.2 Å². The van der Waals surface area contributed by atoms with Crippen LogP contribution in [0, 0.1) is 5.92 Å². The van der Waals surface area contributed by atoms with Crippen molar-refractivity contribution in [2.24, 2.45) is 11.7 Å². The lowest BCUT2D eigenvalue weighted by molar-refractivity contribution is 0.393. The van der Waals surface area contributed by atoms with Gasteiger partial charge in [-0.25, -0.2) is 8.42 Å². The van der Waals surface area contributed by atoms with Crippen molar-refractivity contribution in [1.82, 2.24) is 4.31 Å². The minimum Gasteiger partial charge on any atom is -0.315 e. The first-order valence-corrected chi connectivity index (χ1v) is 6.79. The maximum absolute atomic E-state index is 11.8. The van der Waals surface area contributed by atoms with E-state index in [4.69, 9.17) is 5.73 Å². The van der Waals surface area contributed by atoms with Gasteiger partial charge < -0.3 is 5.73 Å². The smallest absolute Gasteiger partial charge is 0.215 e. The number of nitrogens with two attached hydrogens (primary N) is 1. The molecule has 0 aromatic rings. The lowest BCUT2D eigenvalue weighted by atomic mass is 10.2. The van der Waals surface area contributed by atoms with Crippen molar-refractivity contribution in [3.8, 4) is 0 Å². The predicted octanol–water partition coefficient (Wildman–Crippen LogP) is 0.743. The van der Waals surface area contributed by atoms with Gasteiger partial charge in [0.1, 0.15) is 0 Å². The normalized spacial score (nSPS) is 24.7. The minimum absolute atomic E-state index is 0.234. The zero-order valence-corrected chi connectivity index (χ0v) is 9.76. The first kappa shape index (κ1) is 11.9. The molecule has 0 radical (unpaired) electrons. The van der Waals surface area contributed by atoms with Crippen LogP contribution < -0.4 is 5.73 Å². The van der Waals surface area contributed by atoms with Gasteiger partial charge in [-0.3, -0.25) is 0 Å². The molecular formula is C9H20N2O2S. The molecular weight excluding hydrogens is 200 g/mol. The Hall–Kier alpha value is -0.130. The fourth-order valence-electron chi connectivity index (χ4n) is 1.61. The summed E-state index contributed by atoms with van der Waals surface area (Å²) < 4.78 is 25.0. The number of sulfonamides is 1. The predicted molar refractivity (Wildman–Crippen MR) is 57.2 cm³/mol. The second-order valence-electron chi connectivity index (χ2n) is 4.32. The molecule has 2 N–H and O–H groups in total. The molecule has 5 heteroatoms. The molecule has 1 heterocycles. The van der Waals surface area contributed by atoms with Gasteiger partial charge in [-0.05, 0) is 25.2 Å². The third kappa shape index (κ3) is 2.93. The highest BCUT2D eigenvalue weighted by atomic mass is 32.2. The molecule has 84 valence electrons. The summed E-state index contributed by atoms with van der Waals surface area (Å²) in [6.07, 6.45) is 2.11. The van der Waals surface area contributed by atoms with Gasteiger partial charge in [-0.1, -0.05) is 13.8 Å². The molecule has 1 aliphatic heterocycles. The molecule has 1 fully saturated rings. The first-order valence-electron chi connectivity index (χ1n) is 5.18. The van der Waals surface area contributed by atoms with E-state index in [-0.39, 0.29) is 11.9 Å². The van der Waals surface area contributed by atoms with Crippen molar-refractivity contribution in [3.63, 3.8) is 0 Å².